The zero-order valence-corrected chi connectivity index (χ0v) is 22.4. The summed E-state index contributed by atoms with van der Waals surface area (Å²) in [7, 11) is 0. The van der Waals surface area contributed by atoms with Gasteiger partial charge in [-0.1, -0.05) is 18.2 Å². The second kappa shape index (κ2) is 12.6. The number of hydrogen-bond acceptors (Lipinski definition) is 7. The number of imide groups is 2. The van der Waals surface area contributed by atoms with Crippen molar-refractivity contribution in [2.24, 2.45) is 0 Å². The highest BCUT2D eigenvalue weighted by atomic mass is 16.5. The molecule has 0 unspecified atom stereocenters. The minimum absolute atomic E-state index is 0.234. The predicted molar refractivity (Wildman–Crippen MR) is 150 cm³/mol. The number of carbonyl (C=O) groups is 4. The minimum Gasteiger partial charge on any atom is -0.494 e. The fraction of sp³-hybridized carbons (Fsp3) is 0.200. The third-order valence-corrected chi connectivity index (χ3v) is 5.75. The maximum atomic E-state index is 13.2. The van der Waals surface area contributed by atoms with Crippen molar-refractivity contribution in [1.29, 1.82) is 0 Å². The molecule has 40 heavy (non-hydrogen) atoms. The van der Waals surface area contributed by atoms with Crippen LogP contribution in [-0.2, 0) is 14.4 Å². The Morgan fingerprint density at radius 3 is 2.35 bits per heavy atom. The highest BCUT2D eigenvalue weighted by Gasteiger charge is 2.36. The first-order valence-corrected chi connectivity index (χ1v) is 12.7. The van der Waals surface area contributed by atoms with E-state index in [0.717, 1.165) is 10.5 Å². The molecule has 0 radical (unpaired) electrons. The van der Waals surface area contributed by atoms with Gasteiger partial charge in [0.2, 0.25) is 0 Å². The molecule has 5 amide bonds. The zero-order valence-electron chi connectivity index (χ0n) is 22.4. The standard InChI is InChI=1S/C30H29N3O7/c1-4-38-23-12-10-22(11-13-23)33-29(36)24(28(35)32-30(33)37)16-20-9-14-25(26(17-20)39-5-2)40-18-27(34)31-21-8-6-7-19(3)15-21/h6-17H,4-5,18H2,1-3H3,(H,31,34)(H,32,35,37)/b24-16+. The van der Waals surface area contributed by atoms with E-state index >= 15 is 0 Å². The number of rotatable bonds is 10. The topological polar surface area (TPSA) is 123 Å². The summed E-state index contributed by atoms with van der Waals surface area (Å²) in [4.78, 5) is 51.6. The van der Waals surface area contributed by atoms with Crippen LogP contribution in [0, 0.1) is 6.92 Å². The SMILES string of the molecule is CCOc1ccc(N2C(=O)NC(=O)/C(=C\c3ccc(OCC(=O)Nc4cccc(C)c4)c(OCC)c3)C2=O)cc1. The summed E-state index contributed by atoms with van der Waals surface area (Å²) in [5.41, 5.74) is 2.18. The highest BCUT2D eigenvalue weighted by molar-refractivity contribution is 6.39. The Morgan fingerprint density at radius 2 is 1.65 bits per heavy atom. The monoisotopic (exact) mass is 543 g/mol. The number of amides is 5. The van der Waals surface area contributed by atoms with Crippen LogP contribution in [0.3, 0.4) is 0 Å². The van der Waals surface area contributed by atoms with E-state index in [-0.39, 0.29) is 23.8 Å². The van der Waals surface area contributed by atoms with Gasteiger partial charge in [-0.3, -0.25) is 19.7 Å². The zero-order chi connectivity index (χ0) is 28.6. The highest BCUT2D eigenvalue weighted by Crippen LogP contribution is 2.30. The molecule has 0 aliphatic carbocycles. The summed E-state index contributed by atoms with van der Waals surface area (Å²) in [6.45, 7) is 6.09. The van der Waals surface area contributed by atoms with Gasteiger partial charge in [0, 0.05) is 5.69 Å². The summed E-state index contributed by atoms with van der Waals surface area (Å²) in [5.74, 6) is -0.714. The second-order valence-corrected chi connectivity index (χ2v) is 8.73. The Bertz CT molecular complexity index is 1460. The van der Waals surface area contributed by atoms with E-state index in [9.17, 15) is 19.2 Å². The fourth-order valence-electron chi connectivity index (χ4n) is 3.98. The maximum absolute atomic E-state index is 13.2. The number of benzene rings is 3. The lowest BCUT2D eigenvalue weighted by Gasteiger charge is -2.26. The van der Waals surface area contributed by atoms with Crippen LogP contribution in [0.25, 0.3) is 6.08 Å². The van der Waals surface area contributed by atoms with E-state index in [2.05, 4.69) is 10.6 Å². The molecule has 1 aliphatic rings. The fourth-order valence-corrected chi connectivity index (χ4v) is 3.98. The number of hydrogen-bond donors (Lipinski definition) is 2. The molecule has 0 saturated carbocycles. The Balaban J connectivity index is 1.52. The van der Waals surface area contributed by atoms with Crippen molar-refractivity contribution in [3.63, 3.8) is 0 Å². The predicted octanol–water partition coefficient (Wildman–Crippen LogP) is 4.48. The van der Waals surface area contributed by atoms with Crippen LogP contribution in [0.4, 0.5) is 16.2 Å². The van der Waals surface area contributed by atoms with Gasteiger partial charge in [-0.25, -0.2) is 9.69 Å². The van der Waals surface area contributed by atoms with Crippen molar-refractivity contribution in [1.82, 2.24) is 5.32 Å². The van der Waals surface area contributed by atoms with Gasteiger partial charge in [0.05, 0.1) is 18.9 Å². The Kier molecular flexibility index (Phi) is 8.80. The first-order chi connectivity index (χ1) is 19.3. The molecule has 1 aliphatic heterocycles. The first kappa shape index (κ1) is 27.9. The van der Waals surface area contributed by atoms with E-state index in [4.69, 9.17) is 14.2 Å². The number of anilines is 2. The average molecular weight is 544 g/mol. The molecular weight excluding hydrogens is 514 g/mol. The van der Waals surface area contributed by atoms with E-state index in [1.165, 1.54) is 6.08 Å². The van der Waals surface area contributed by atoms with E-state index in [1.807, 2.05) is 32.0 Å². The van der Waals surface area contributed by atoms with Crippen molar-refractivity contribution in [2.75, 3.05) is 30.0 Å². The van der Waals surface area contributed by atoms with Crippen molar-refractivity contribution in [3.8, 4) is 17.2 Å². The third kappa shape index (κ3) is 6.65. The molecule has 4 rings (SSSR count). The molecule has 2 N–H and O–H groups in total. The van der Waals surface area contributed by atoms with Crippen LogP contribution in [0.5, 0.6) is 17.2 Å². The van der Waals surface area contributed by atoms with Gasteiger partial charge in [0.15, 0.2) is 18.1 Å². The largest absolute Gasteiger partial charge is 0.494 e. The van der Waals surface area contributed by atoms with Gasteiger partial charge in [0.25, 0.3) is 17.7 Å². The van der Waals surface area contributed by atoms with Gasteiger partial charge in [-0.15, -0.1) is 0 Å². The van der Waals surface area contributed by atoms with Crippen molar-refractivity contribution < 1.29 is 33.4 Å². The van der Waals surface area contributed by atoms with Gasteiger partial charge in [-0.05, 0) is 86.5 Å². The van der Waals surface area contributed by atoms with Crippen LogP contribution in [0.2, 0.25) is 0 Å². The average Bonchev–Trinajstić information content (AvgIpc) is 2.92. The number of ether oxygens (including phenoxy) is 3. The summed E-state index contributed by atoms with van der Waals surface area (Å²) in [6.07, 6.45) is 1.36. The molecule has 1 saturated heterocycles. The lowest BCUT2D eigenvalue weighted by Crippen LogP contribution is -2.54. The summed E-state index contributed by atoms with van der Waals surface area (Å²) in [6, 6.07) is 17.7. The van der Waals surface area contributed by atoms with Crippen LogP contribution < -0.4 is 29.7 Å². The number of carbonyl (C=O) groups excluding carboxylic acids is 4. The Labute approximate surface area is 231 Å². The van der Waals surface area contributed by atoms with Crippen molar-refractivity contribution in [2.45, 2.75) is 20.8 Å². The number of barbiturate groups is 1. The van der Waals surface area contributed by atoms with Crippen LogP contribution >= 0.6 is 0 Å². The van der Waals surface area contributed by atoms with Gasteiger partial charge < -0.3 is 19.5 Å². The van der Waals surface area contributed by atoms with Crippen LogP contribution in [-0.4, -0.2) is 43.6 Å². The van der Waals surface area contributed by atoms with E-state index in [0.29, 0.717) is 41.7 Å². The third-order valence-electron chi connectivity index (χ3n) is 5.75. The normalized spacial score (nSPS) is 14.1. The van der Waals surface area contributed by atoms with E-state index in [1.54, 1.807) is 55.5 Å². The Morgan fingerprint density at radius 1 is 0.900 bits per heavy atom. The van der Waals surface area contributed by atoms with Gasteiger partial charge in [0.1, 0.15) is 11.3 Å². The van der Waals surface area contributed by atoms with Gasteiger partial charge in [-0.2, -0.15) is 0 Å². The molecule has 10 nitrogen and oxygen atoms in total. The maximum Gasteiger partial charge on any atom is 0.335 e. The quantitative estimate of drug-likeness (QED) is 0.286. The molecule has 206 valence electrons. The molecule has 0 atom stereocenters. The summed E-state index contributed by atoms with van der Waals surface area (Å²) < 4.78 is 16.8. The lowest BCUT2D eigenvalue weighted by molar-refractivity contribution is -0.122. The Hall–Kier alpha value is -5.12. The number of aryl methyl sites for hydroxylation is 1. The number of urea groups is 1. The molecule has 3 aromatic rings. The molecule has 0 aromatic heterocycles. The molecule has 1 heterocycles. The lowest BCUT2D eigenvalue weighted by atomic mass is 10.1. The van der Waals surface area contributed by atoms with E-state index < -0.39 is 17.8 Å². The molecule has 3 aromatic carbocycles. The number of nitrogens with zero attached hydrogens (tertiary/aromatic N) is 1. The summed E-state index contributed by atoms with van der Waals surface area (Å²) >= 11 is 0. The van der Waals surface area contributed by atoms with Crippen LogP contribution in [0.1, 0.15) is 25.0 Å². The smallest absolute Gasteiger partial charge is 0.335 e. The molecule has 10 heteroatoms. The molecule has 0 spiro atoms. The van der Waals surface area contributed by atoms with Crippen LogP contribution in [0.15, 0.2) is 72.3 Å². The molecule has 0 bridgehead atoms. The minimum atomic E-state index is -0.848. The second-order valence-electron chi connectivity index (χ2n) is 8.73. The van der Waals surface area contributed by atoms with Crippen molar-refractivity contribution in [3.05, 3.63) is 83.4 Å². The van der Waals surface area contributed by atoms with Crippen molar-refractivity contribution >= 4 is 41.2 Å². The molecular formula is C30H29N3O7. The van der Waals surface area contributed by atoms with Gasteiger partial charge >= 0.3 is 6.03 Å². The number of nitrogens with one attached hydrogen (secondary N) is 2. The first-order valence-electron chi connectivity index (χ1n) is 12.7. The summed E-state index contributed by atoms with van der Waals surface area (Å²) in [5, 5.41) is 4.98. The molecule has 1 fully saturated rings.